The maximum Gasteiger partial charge on any atom is 0.245 e. The summed E-state index contributed by atoms with van der Waals surface area (Å²) in [5, 5.41) is 9.94. The Hall–Kier alpha value is -2.43. The van der Waals surface area contributed by atoms with Crippen LogP contribution in [0, 0.1) is 0 Å². The topological polar surface area (TPSA) is 57.0 Å². The van der Waals surface area contributed by atoms with Gasteiger partial charge in [-0.05, 0) is 6.42 Å². The molecule has 5 heteroatoms. The number of benzene rings is 2. The quantitative estimate of drug-likeness (QED) is 0.688. The maximum atomic E-state index is 11.7. The fourth-order valence-corrected chi connectivity index (χ4v) is 2.42. The number of hydrogen-bond donors (Lipinski definition) is 0. The lowest BCUT2D eigenvalue weighted by molar-refractivity contribution is 0.0924. The second-order valence-corrected chi connectivity index (χ2v) is 5.01. The van der Waals surface area contributed by atoms with Gasteiger partial charge >= 0.3 is 0 Å². The second kappa shape index (κ2) is 5.52. The first-order valence-corrected chi connectivity index (χ1v) is 7.13. The van der Waals surface area contributed by atoms with Crippen molar-refractivity contribution in [1.82, 2.24) is 15.0 Å². The molecule has 0 unspecified atom stereocenters. The van der Waals surface area contributed by atoms with Crippen LogP contribution in [0.25, 0.3) is 21.8 Å². The molecule has 0 saturated heterocycles. The average molecular weight is 283 g/mol. The summed E-state index contributed by atoms with van der Waals surface area (Å²) >= 11 is 0. The van der Waals surface area contributed by atoms with Crippen LogP contribution in [-0.4, -0.2) is 27.5 Å². The first-order valence-electron chi connectivity index (χ1n) is 7.13. The molecule has 0 saturated carbocycles. The minimum atomic E-state index is -0.151. The Kier molecular flexibility index (Phi) is 3.56. The van der Waals surface area contributed by atoms with Gasteiger partial charge in [0.1, 0.15) is 16.8 Å². The van der Waals surface area contributed by atoms with Crippen molar-refractivity contribution in [1.29, 1.82) is 0 Å². The molecule has 0 spiro atoms. The highest BCUT2D eigenvalue weighted by Crippen LogP contribution is 2.32. The number of unbranched alkanes of at least 4 members (excludes halogenated alkanes) is 1. The van der Waals surface area contributed by atoms with E-state index in [0.717, 1.165) is 34.9 Å². The maximum absolute atomic E-state index is 11.7. The molecule has 3 rings (SSSR count). The summed E-state index contributed by atoms with van der Waals surface area (Å²) in [5.41, 5.74) is 1.41. The smallest absolute Gasteiger partial charge is 0.245 e. The number of nitrogens with zero attached hydrogens (tertiary/aromatic N) is 3. The predicted molar refractivity (Wildman–Crippen MR) is 81.7 cm³/mol. The highest BCUT2D eigenvalue weighted by Gasteiger charge is 2.15. The fourth-order valence-electron chi connectivity index (χ4n) is 2.42. The number of rotatable bonds is 4. The number of aromatic nitrogens is 3. The molecule has 5 nitrogen and oxygen atoms in total. The van der Waals surface area contributed by atoms with E-state index in [1.165, 1.54) is 11.6 Å². The van der Waals surface area contributed by atoms with Gasteiger partial charge in [-0.1, -0.05) is 42.8 Å². The van der Waals surface area contributed by atoms with Gasteiger partial charge in [0.15, 0.2) is 0 Å². The second-order valence-electron chi connectivity index (χ2n) is 5.01. The number of fused-ring (bicyclic) bond motifs is 3. The summed E-state index contributed by atoms with van der Waals surface area (Å²) in [5.74, 6) is 0.643. The van der Waals surface area contributed by atoms with Crippen molar-refractivity contribution in [2.45, 2.75) is 26.7 Å². The summed E-state index contributed by atoms with van der Waals surface area (Å²) in [6.07, 6.45) is 2.09. The molecular weight excluding hydrogens is 266 g/mol. The number of carbonyl (C=O) groups excluding carboxylic acids is 1. The van der Waals surface area contributed by atoms with Gasteiger partial charge in [-0.3, -0.25) is 4.79 Å². The van der Waals surface area contributed by atoms with Crippen LogP contribution in [0.15, 0.2) is 30.3 Å². The summed E-state index contributed by atoms with van der Waals surface area (Å²) in [6.45, 7) is 4.28. The third kappa shape index (κ3) is 2.35. The van der Waals surface area contributed by atoms with E-state index in [1.54, 1.807) is 0 Å². The molecule has 108 valence electrons. The zero-order valence-electron chi connectivity index (χ0n) is 12.2. The first kappa shape index (κ1) is 13.5. The molecule has 0 N–H and O–H groups in total. The van der Waals surface area contributed by atoms with Crippen LogP contribution >= 0.6 is 0 Å². The third-order valence-corrected chi connectivity index (χ3v) is 3.47. The lowest BCUT2D eigenvalue weighted by Crippen LogP contribution is -2.07. The van der Waals surface area contributed by atoms with Crippen LogP contribution in [0.2, 0.25) is 0 Å². The number of ether oxygens (including phenoxy) is 1. The normalized spacial score (nSPS) is 11.1. The number of hydrogen-bond acceptors (Lipinski definition) is 4. The molecule has 0 fully saturated rings. The monoisotopic (exact) mass is 283 g/mol. The Labute approximate surface area is 122 Å². The highest BCUT2D eigenvalue weighted by atomic mass is 16.5. The standard InChI is InChI=1S/C16H17N3O2/c1-3-4-9-21-15-10-14-16(19(11(2)20)18-17-14)13-8-6-5-7-12(13)15/h5-8,10H,3-4,9H2,1-2H3. The summed E-state index contributed by atoms with van der Waals surface area (Å²) in [7, 11) is 0. The van der Waals surface area contributed by atoms with E-state index in [4.69, 9.17) is 4.74 Å². The van der Waals surface area contributed by atoms with E-state index >= 15 is 0 Å². The van der Waals surface area contributed by atoms with Crippen molar-refractivity contribution in [2.75, 3.05) is 6.61 Å². The van der Waals surface area contributed by atoms with Gasteiger partial charge in [-0.15, -0.1) is 5.10 Å². The lowest BCUT2D eigenvalue weighted by atomic mass is 10.1. The van der Waals surface area contributed by atoms with E-state index in [2.05, 4.69) is 17.2 Å². The minimum absolute atomic E-state index is 0.151. The molecular formula is C16H17N3O2. The molecule has 0 amide bonds. The van der Waals surface area contributed by atoms with E-state index in [9.17, 15) is 4.79 Å². The van der Waals surface area contributed by atoms with Crippen molar-refractivity contribution >= 4 is 27.7 Å². The largest absolute Gasteiger partial charge is 0.493 e. The molecule has 2 aromatic carbocycles. The van der Waals surface area contributed by atoms with Crippen LogP contribution in [0.3, 0.4) is 0 Å². The van der Waals surface area contributed by atoms with Gasteiger partial charge in [0, 0.05) is 23.8 Å². The van der Waals surface area contributed by atoms with Crippen LogP contribution in [0.5, 0.6) is 5.75 Å². The lowest BCUT2D eigenvalue weighted by Gasteiger charge is -2.10. The van der Waals surface area contributed by atoms with Gasteiger partial charge in [-0.2, -0.15) is 4.68 Å². The first-order chi connectivity index (χ1) is 10.2. The molecule has 0 bridgehead atoms. The molecule has 0 aliphatic carbocycles. The Balaban J connectivity index is 2.23. The average Bonchev–Trinajstić information content (AvgIpc) is 2.92. The molecule has 3 aromatic rings. The zero-order chi connectivity index (χ0) is 14.8. The molecule has 0 atom stereocenters. The molecule has 0 aliphatic rings. The van der Waals surface area contributed by atoms with Gasteiger partial charge in [0.05, 0.1) is 6.61 Å². The van der Waals surface area contributed by atoms with E-state index in [-0.39, 0.29) is 5.91 Å². The summed E-state index contributed by atoms with van der Waals surface area (Å²) in [6, 6.07) is 9.72. The van der Waals surface area contributed by atoms with Gasteiger partial charge in [-0.25, -0.2) is 0 Å². The number of carbonyl (C=O) groups is 1. The van der Waals surface area contributed by atoms with Crippen LogP contribution in [0.1, 0.15) is 31.5 Å². The van der Waals surface area contributed by atoms with Crippen molar-refractivity contribution in [3.8, 4) is 5.75 Å². The van der Waals surface area contributed by atoms with E-state index in [0.29, 0.717) is 12.1 Å². The Morgan fingerprint density at radius 3 is 2.76 bits per heavy atom. The zero-order valence-corrected chi connectivity index (χ0v) is 12.2. The van der Waals surface area contributed by atoms with Gasteiger partial charge < -0.3 is 4.74 Å². The van der Waals surface area contributed by atoms with Crippen LogP contribution < -0.4 is 4.74 Å². The minimum Gasteiger partial charge on any atom is -0.493 e. The molecule has 1 heterocycles. The highest BCUT2D eigenvalue weighted by molar-refractivity contribution is 6.09. The summed E-state index contributed by atoms with van der Waals surface area (Å²) in [4.78, 5) is 11.7. The van der Waals surface area contributed by atoms with E-state index in [1.807, 2.05) is 30.3 Å². The third-order valence-electron chi connectivity index (χ3n) is 3.47. The van der Waals surface area contributed by atoms with E-state index < -0.39 is 0 Å². The SMILES string of the molecule is CCCCOc1cc2nnn(C(C)=O)c2c2ccccc12. The Bertz CT molecular complexity index is 808. The molecule has 21 heavy (non-hydrogen) atoms. The molecule has 0 radical (unpaired) electrons. The fraction of sp³-hybridized carbons (Fsp3) is 0.312. The Morgan fingerprint density at radius 2 is 2.05 bits per heavy atom. The summed E-state index contributed by atoms with van der Waals surface area (Å²) < 4.78 is 7.22. The molecule has 1 aromatic heterocycles. The van der Waals surface area contributed by atoms with Crippen molar-refractivity contribution in [2.24, 2.45) is 0 Å². The van der Waals surface area contributed by atoms with Crippen molar-refractivity contribution < 1.29 is 9.53 Å². The predicted octanol–water partition coefficient (Wildman–Crippen LogP) is 3.42. The van der Waals surface area contributed by atoms with Crippen LogP contribution in [-0.2, 0) is 0 Å². The van der Waals surface area contributed by atoms with Gasteiger partial charge in [0.2, 0.25) is 5.91 Å². The van der Waals surface area contributed by atoms with Gasteiger partial charge in [0.25, 0.3) is 0 Å². The van der Waals surface area contributed by atoms with Crippen molar-refractivity contribution in [3.05, 3.63) is 30.3 Å². The molecule has 0 aliphatic heterocycles. The van der Waals surface area contributed by atoms with Crippen LogP contribution in [0.4, 0.5) is 0 Å². The van der Waals surface area contributed by atoms with Crippen molar-refractivity contribution in [3.63, 3.8) is 0 Å². The Morgan fingerprint density at radius 1 is 1.29 bits per heavy atom.